The topological polar surface area (TPSA) is 70.0 Å². The zero-order valence-corrected chi connectivity index (χ0v) is 12.2. The molecule has 0 saturated carbocycles. The van der Waals surface area contributed by atoms with Gasteiger partial charge in [-0.05, 0) is 31.5 Å². The monoisotopic (exact) mass is 299 g/mol. The smallest absolute Gasteiger partial charge is 0.257 e. The number of aliphatic hydroxyl groups is 2. The number of methoxy groups -OCH3 is 1. The first kappa shape index (κ1) is 15.1. The maximum absolute atomic E-state index is 12.5. The molecule has 0 bridgehead atoms. The lowest BCUT2D eigenvalue weighted by molar-refractivity contribution is -0.0999. The Morgan fingerprint density at radius 2 is 2.25 bits per heavy atom. The predicted molar refractivity (Wildman–Crippen MR) is 75.2 cm³/mol. The maximum Gasteiger partial charge on any atom is 0.257 e. The number of likely N-dealkylation sites (tertiary alicyclic amines) is 1. The fourth-order valence-electron chi connectivity index (χ4n) is 2.22. The van der Waals surface area contributed by atoms with Crippen molar-refractivity contribution in [2.24, 2.45) is 0 Å². The summed E-state index contributed by atoms with van der Waals surface area (Å²) in [4.78, 5) is 14.0. The molecule has 1 aromatic carbocycles. The van der Waals surface area contributed by atoms with Gasteiger partial charge in [-0.1, -0.05) is 11.6 Å². The fraction of sp³-hybridized carbons (Fsp3) is 0.500. The second kappa shape index (κ2) is 5.60. The molecule has 110 valence electrons. The highest BCUT2D eigenvalue weighted by Crippen LogP contribution is 2.27. The number of β-amino-alcohol motifs (C(OH)–C–C–N with tert-alkyl or cyclic N) is 1. The van der Waals surface area contributed by atoms with Gasteiger partial charge in [0.1, 0.15) is 5.75 Å². The zero-order chi connectivity index (χ0) is 14.9. The summed E-state index contributed by atoms with van der Waals surface area (Å²) in [5.74, 6) is 0.155. The molecule has 1 amide bonds. The van der Waals surface area contributed by atoms with Crippen molar-refractivity contribution in [3.63, 3.8) is 0 Å². The number of nitrogens with zero attached hydrogens (tertiary/aromatic N) is 1. The lowest BCUT2D eigenvalue weighted by Gasteiger charge is -2.40. The normalized spacial score (nSPS) is 26.4. The third kappa shape index (κ3) is 2.90. The SMILES string of the molecule is COc1cc(Cl)ccc1C(=O)N1CC[C@](C)(O)[C@@H](O)C1. The molecule has 0 unspecified atom stereocenters. The standard InChI is InChI=1S/C14H18ClNO4/c1-14(19)5-6-16(8-12(14)17)13(18)10-4-3-9(15)7-11(10)20-2/h3-4,7,12,17,19H,5-6,8H2,1-2H3/t12-,14-/m0/s1. The first-order chi connectivity index (χ1) is 9.35. The predicted octanol–water partition coefficient (Wildman–Crippen LogP) is 1.31. The van der Waals surface area contributed by atoms with Gasteiger partial charge in [-0.15, -0.1) is 0 Å². The van der Waals surface area contributed by atoms with Gasteiger partial charge in [0, 0.05) is 18.1 Å². The largest absolute Gasteiger partial charge is 0.496 e. The highest BCUT2D eigenvalue weighted by molar-refractivity contribution is 6.30. The van der Waals surface area contributed by atoms with Gasteiger partial charge in [-0.3, -0.25) is 4.79 Å². The fourth-order valence-corrected chi connectivity index (χ4v) is 2.38. The molecule has 2 N–H and O–H groups in total. The van der Waals surface area contributed by atoms with E-state index in [9.17, 15) is 15.0 Å². The van der Waals surface area contributed by atoms with Crippen LogP contribution in [-0.2, 0) is 0 Å². The van der Waals surface area contributed by atoms with Gasteiger partial charge < -0.3 is 19.8 Å². The summed E-state index contributed by atoms with van der Waals surface area (Å²) >= 11 is 5.87. The van der Waals surface area contributed by atoms with Crippen molar-refractivity contribution >= 4 is 17.5 Å². The second-order valence-electron chi connectivity index (χ2n) is 5.22. The van der Waals surface area contributed by atoms with E-state index in [2.05, 4.69) is 0 Å². The summed E-state index contributed by atoms with van der Waals surface area (Å²) < 4.78 is 5.16. The summed E-state index contributed by atoms with van der Waals surface area (Å²) in [7, 11) is 1.47. The average molecular weight is 300 g/mol. The molecule has 20 heavy (non-hydrogen) atoms. The van der Waals surface area contributed by atoms with Crippen LogP contribution in [-0.4, -0.2) is 52.9 Å². The molecule has 5 nitrogen and oxygen atoms in total. The van der Waals surface area contributed by atoms with Crippen molar-refractivity contribution in [2.75, 3.05) is 20.2 Å². The van der Waals surface area contributed by atoms with Crippen LogP contribution in [0.15, 0.2) is 18.2 Å². The Bertz CT molecular complexity index is 518. The van der Waals surface area contributed by atoms with E-state index in [0.29, 0.717) is 29.3 Å². The molecule has 1 fully saturated rings. The Morgan fingerprint density at radius 1 is 1.55 bits per heavy atom. The molecule has 1 saturated heterocycles. The maximum atomic E-state index is 12.5. The number of benzene rings is 1. The summed E-state index contributed by atoms with van der Waals surface area (Å²) in [5.41, 5.74) is -0.758. The Morgan fingerprint density at radius 3 is 2.85 bits per heavy atom. The van der Waals surface area contributed by atoms with Gasteiger partial charge in [-0.2, -0.15) is 0 Å². The van der Waals surface area contributed by atoms with E-state index in [1.807, 2.05) is 0 Å². The van der Waals surface area contributed by atoms with E-state index in [0.717, 1.165) is 0 Å². The van der Waals surface area contributed by atoms with Crippen LogP contribution in [0.5, 0.6) is 5.75 Å². The summed E-state index contributed by atoms with van der Waals surface area (Å²) in [5, 5.41) is 20.3. The molecule has 0 aromatic heterocycles. The number of amides is 1. The molecular weight excluding hydrogens is 282 g/mol. The van der Waals surface area contributed by atoms with Gasteiger partial charge in [0.2, 0.25) is 0 Å². The minimum atomic E-state index is -1.15. The van der Waals surface area contributed by atoms with Crippen molar-refractivity contribution in [3.8, 4) is 5.75 Å². The van der Waals surface area contributed by atoms with Crippen molar-refractivity contribution in [3.05, 3.63) is 28.8 Å². The van der Waals surface area contributed by atoms with E-state index in [-0.39, 0.29) is 12.5 Å². The van der Waals surface area contributed by atoms with E-state index < -0.39 is 11.7 Å². The van der Waals surface area contributed by atoms with Crippen LogP contribution in [0.4, 0.5) is 0 Å². The molecule has 6 heteroatoms. The van der Waals surface area contributed by atoms with E-state index >= 15 is 0 Å². The van der Waals surface area contributed by atoms with Gasteiger partial charge in [0.25, 0.3) is 5.91 Å². The average Bonchev–Trinajstić information content (AvgIpc) is 2.41. The second-order valence-corrected chi connectivity index (χ2v) is 5.66. The van der Waals surface area contributed by atoms with Crippen LogP contribution >= 0.6 is 11.6 Å². The van der Waals surface area contributed by atoms with Gasteiger partial charge >= 0.3 is 0 Å². The molecule has 1 aliphatic rings. The summed E-state index contributed by atoms with van der Waals surface area (Å²) in [6, 6.07) is 4.79. The van der Waals surface area contributed by atoms with E-state index in [4.69, 9.17) is 16.3 Å². The van der Waals surface area contributed by atoms with Crippen molar-refractivity contribution in [1.82, 2.24) is 4.90 Å². The molecule has 2 atom stereocenters. The molecular formula is C14H18ClNO4. The van der Waals surface area contributed by atoms with Crippen LogP contribution in [0, 0.1) is 0 Å². The minimum absolute atomic E-state index is 0.0949. The number of rotatable bonds is 2. The van der Waals surface area contributed by atoms with Crippen molar-refractivity contribution in [1.29, 1.82) is 0 Å². The number of halogens is 1. The number of aliphatic hydroxyl groups excluding tert-OH is 1. The van der Waals surface area contributed by atoms with Crippen LogP contribution < -0.4 is 4.74 Å². The molecule has 0 aliphatic carbocycles. The lowest BCUT2D eigenvalue weighted by Crippen LogP contribution is -2.55. The number of hydrogen-bond acceptors (Lipinski definition) is 4. The Kier molecular flexibility index (Phi) is 4.22. The highest BCUT2D eigenvalue weighted by atomic mass is 35.5. The van der Waals surface area contributed by atoms with Crippen LogP contribution in [0.1, 0.15) is 23.7 Å². The lowest BCUT2D eigenvalue weighted by atomic mass is 9.90. The minimum Gasteiger partial charge on any atom is -0.496 e. The van der Waals surface area contributed by atoms with Crippen LogP contribution in [0.25, 0.3) is 0 Å². The van der Waals surface area contributed by atoms with Gasteiger partial charge in [0.15, 0.2) is 0 Å². The number of piperidine rings is 1. The van der Waals surface area contributed by atoms with E-state index in [1.165, 1.54) is 12.0 Å². The van der Waals surface area contributed by atoms with Crippen LogP contribution in [0.2, 0.25) is 5.02 Å². The Balaban J connectivity index is 2.20. The molecule has 2 rings (SSSR count). The third-order valence-corrected chi connectivity index (χ3v) is 3.92. The molecule has 0 spiro atoms. The molecule has 1 aliphatic heterocycles. The molecule has 0 radical (unpaired) electrons. The first-order valence-electron chi connectivity index (χ1n) is 6.38. The Hall–Kier alpha value is -1.30. The summed E-state index contributed by atoms with van der Waals surface area (Å²) in [6.07, 6.45) is -0.631. The number of carbonyl (C=O) groups excluding carboxylic acids is 1. The number of hydrogen-bond donors (Lipinski definition) is 2. The first-order valence-corrected chi connectivity index (χ1v) is 6.76. The van der Waals surface area contributed by atoms with Crippen molar-refractivity contribution < 1.29 is 19.7 Å². The van der Waals surface area contributed by atoms with Crippen molar-refractivity contribution in [2.45, 2.75) is 25.0 Å². The zero-order valence-electron chi connectivity index (χ0n) is 11.5. The van der Waals surface area contributed by atoms with Gasteiger partial charge in [0.05, 0.1) is 24.4 Å². The number of carbonyl (C=O) groups is 1. The highest BCUT2D eigenvalue weighted by Gasteiger charge is 2.38. The quantitative estimate of drug-likeness (QED) is 0.864. The molecule has 1 heterocycles. The third-order valence-electron chi connectivity index (χ3n) is 3.68. The number of ether oxygens (including phenoxy) is 1. The van der Waals surface area contributed by atoms with Crippen LogP contribution in [0.3, 0.4) is 0 Å². The van der Waals surface area contributed by atoms with Gasteiger partial charge in [-0.25, -0.2) is 0 Å². The Labute approximate surface area is 122 Å². The summed E-state index contributed by atoms with van der Waals surface area (Å²) in [6.45, 7) is 2.05. The van der Waals surface area contributed by atoms with E-state index in [1.54, 1.807) is 25.1 Å². The molecule has 1 aromatic rings.